The molecule has 0 aliphatic carbocycles. The van der Waals surface area contributed by atoms with Gasteiger partial charge in [-0.05, 0) is 96.2 Å². The van der Waals surface area contributed by atoms with E-state index in [9.17, 15) is 24.8 Å². The van der Waals surface area contributed by atoms with Crippen LogP contribution < -0.4 is 5.32 Å². The number of rotatable bonds is 11. The third kappa shape index (κ3) is 7.48. The standard InChI is InChI=1S/C37H38N2O5/c1-23(2)25(4)35-21-30(36(40)38-22-28-12-17-31(18-13-28)39(43)44)16-19-32(35)26(5)24(3)20-27-10-14-29(15-11-27)33-8-6-7-9-34(33)37(41)42/h6-19,21,24,26H,20,22H2,1-5H3,(H,38,40)(H,41,42). The van der Waals surface area contributed by atoms with E-state index in [0.29, 0.717) is 11.1 Å². The van der Waals surface area contributed by atoms with Gasteiger partial charge in [-0.2, -0.15) is 0 Å². The number of allylic oxidation sites excluding steroid dienone is 2. The highest BCUT2D eigenvalue weighted by Crippen LogP contribution is 2.35. The van der Waals surface area contributed by atoms with Gasteiger partial charge in [0.2, 0.25) is 0 Å². The molecule has 0 saturated heterocycles. The Morgan fingerprint density at radius 3 is 2.09 bits per heavy atom. The number of carboxylic acid groups (broad SMARTS) is 1. The minimum atomic E-state index is -0.942. The van der Waals surface area contributed by atoms with Crippen LogP contribution in [-0.4, -0.2) is 21.9 Å². The van der Waals surface area contributed by atoms with Crippen molar-refractivity contribution >= 4 is 23.1 Å². The number of hydrogen-bond donors (Lipinski definition) is 2. The monoisotopic (exact) mass is 590 g/mol. The molecule has 0 fully saturated rings. The lowest BCUT2D eigenvalue weighted by Crippen LogP contribution is -2.23. The van der Waals surface area contributed by atoms with Gasteiger partial charge in [-0.15, -0.1) is 0 Å². The molecule has 0 heterocycles. The van der Waals surface area contributed by atoms with Crippen molar-refractivity contribution in [2.45, 2.75) is 53.5 Å². The molecule has 2 atom stereocenters. The van der Waals surface area contributed by atoms with E-state index < -0.39 is 10.9 Å². The molecule has 4 aromatic carbocycles. The molecule has 2 unspecified atom stereocenters. The van der Waals surface area contributed by atoms with Crippen LogP contribution in [0.1, 0.15) is 83.5 Å². The quantitative estimate of drug-likeness (QED) is 0.134. The maximum Gasteiger partial charge on any atom is 0.336 e. The van der Waals surface area contributed by atoms with Crippen LogP contribution in [0.5, 0.6) is 0 Å². The topological polar surface area (TPSA) is 110 Å². The van der Waals surface area contributed by atoms with Gasteiger partial charge in [0, 0.05) is 24.2 Å². The number of aromatic carboxylic acids is 1. The summed E-state index contributed by atoms with van der Waals surface area (Å²) in [4.78, 5) is 35.3. The molecule has 0 aliphatic heterocycles. The predicted octanol–water partition coefficient (Wildman–Crippen LogP) is 8.69. The summed E-state index contributed by atoms with van der Waals surface area (Å²) < 4.78 is 0. The smallest absolute Gasteiger partial charge is 0.336 e. The second-order valence-electron chi connectivity index (χ2n) is 11.6. The first-order valence-corrected chi connectivity index (χ1v) is 14.7. The lowest BCUT2D eigenvalue weighted by molar-refractivity contribution is -0.384. The van der Waals surface area contributed by atoms with Crippen LogP contribution in [-0.2, 0) is 13.0 Å². The molecule has 0 saturated carbocycles. The van der Waals surface area contributed by atoms with Crippen LogP contribution in [0.2, 0.25) is 0 Å². The summed E-state index contributed by atoms with van der Waals surface area (Å²) in [5, 5.41) is 23.4. The van der Waals surface area contributed by atoms with Gasteiger partial charge in [-0.3, -0.25) is 14.9 Å². The Bertz CT molecular complexity index is 1700. The van der Waals surface area contributed by atoms with Gasteiger partial charge in [0.25, 0.3) is 11.6 Å². The summed E-state index contributed by atoms with van der Waals surface area (Å²) in [6.07, 6.45) is 0.840. The number of hydrogen-bond acceptors (Lipinski definition) is 4. The lowest BCUT2D eigenvalue weighted by atomic mass is 9.80. The molecule has 2 N–H and O–H groups in total. The lowest BCUT2D eigenvalue weighted by Gasteiger charge is -2.25. The molecule has 0 aliphatic rings. The van der Waals surface area contributed by atoms with Crippen LogP contribution in [0.4, 0.5) is 5.69 Å². The molecule has 44 heavy (non-hydrogen) atoms. The van der Waals surface area contributed by atoms with Crippen molar-refractivity contribution in [3.63, 3.8) is 0 Å². The first-order valence-electron chi connectivity index (χ1n) is 14.7. The molecule has 226 valence electrons. The minimum Gasteiger partial charge on any atom is -0.478 e. The van der Waals surface area contributed by atoms with Crippen molar-refractivity contribution in [2.24, 2.45) is 5.92 Å². The van der Waals surface area contributed by atoms with Crippen LogP contribution in [0.25, 0.3) is 16.7 Å². The number of carbonyl (C=O) groups is 2. The number of nitro benzene ring substituents is 1. The number of carbonyl (C=O) groups excluding carboxylic acids is 1. The molecule has 4 rings (SSSR count). The third-order valence-corrected chi connectivity index (χ3v) is 8.39. The molecule has 0 aromatic heterocycles. The minimum absolute atomic E-state index is 0.0133. The van der Waals surface area contributed by atoms with Crippen molar-refractivity contribution in [1.29, 1.82) is 0 Å². The van der Waals surface area contributed by atoms with Gasteiger partial charge in [-0.1, -0.05) is 80.1 Å². The molecule has 0 spiro atoms. The molecule has 1 amide bonds. The number of nitrogens with one attached hydrogen (secondary N) is 1. The zero-order chi connectivity index (χ0) is 32.0. The Balaban J connectivity index is 1.51. The van der Waals surface area contributed by atoms with Crippen LogP contribution in [0, 0.1) is 16.0 Å². The Morgan fingerprint density at radius 2 is 1.48 bits per heavy atom. The Hall–Kier alpha value is -5.04. The summed E-state index contributed by atoms with van der Waals surface area (Å²) >= 11 is 0. The summed E-state index contributed by atoms with van der Waals surface area (Å²) in [6.45, 7) is 10.9. The fraction of sp³-hybridized carbons (Fsp3) is 0.243. The van der Waals surface area contributed by atoms with Crippen LogP contribution in [0.15, 0.2) is 96.6 Å². The Morgan fingerprint density at radius 1 is 0.841 bits per heavy atom. The van der Waals surface area contributed by atoms with Crippen LogP contribution >= 0.6 is 0 Å². The fourth-order valence-corrected chi connectivity index (χ4v) is 5.31. The van der Waals surface area contributed by atoms with Gasteiger partial charge in [0.05, 0.1) is 10.5 Å². The maximum atomic E-state index is 13.1. The zero-order valence-electron chi connectivity index (χ0n) is 25.8. The Labute approximate surface area is 258 Å². The average molecular weight is 591 g/mol. The normalized spacial score (nSPS) is 12.2. The summed E-state index contributed by atoms with van der Waals surface area (Å²) in [5.41, 5.74) is 8.91. The van der Waals surface area contributed by atoms with E-state index >= 15 is 0 Å². The zero-order valence-corrected chi connectivity index (χ0v) is 25.8. The molecular formula is C37H38N2O5. The van der Waals surface area contributed by atoms with E-state index in [-0.39, 0.29) is 35.5 Å². The van der Waals surface area contributed by atoms with E-state index in [1.54, 1.807) is 24.3 Å². The highest BCUT2D eigenvalue weighted by molar-refractivity contribution is 5.96. The van der Waals surface area contributed by atoms with E-state index in [2.05, 4.69) is 58.1 Å². The molecule has 4 aromatic rings. The highest BCUT2D eigenvalue weighted by Gasteiger charge is 2.21. The molecule has 0 radical (unpaired) electrons. The summed E-state index contributed by atoms with van der Waals surface area (Å²) in [6, 6.07) is 27.2. The highest BCUT2D eigenvalue weighted by atomic mass is 16.6. The van der Waals surface area contributed by atoms with E-state index in [0.717, 1.165) is 28.7 Å². The largest absolute Gasteiger partial charge is 0.478 e. The van der Waals surface area contributed by atoms with Gasteiger partial charge in [0.15, 0.2) is 0 Å². The van der Waals surface area contributed by atoms with Gasteiger partial charge in [0.1, 0.15) is 0 Å². The first kappa shape index (κ1) is 31.9. The molecule has 0 bridgehead atoms. The first-order chi connectivity index (χ1) is 21.0. The average Bonchev–Trinajstić information content (AvgIpc) is 3.03. The number of benzene rings is 4. The number of non-ortho nitro benzene ring substituents is 1. The molecule has 7 nitrogen and oxygen atoms in total. The van der Waals surface area contributed by atoms with Crippen molar-refractivity contribution in [1.82, 2.24) is 5.32 Å². The van der Waals surface area contributed by atoms with Crippen molar-refractivity contribution in [3.8, 4) is 11.1 Å². The molecule has 7 heteroatoms. The van der Waals surface area contributed by atoms with Crippen molar-refractivity contribution < 1.29 is 19.6 Å². The molecular weight excluding hydrogens is 552 g/mol. The van der Waals surface area contributed by atoms with Crippen molar-refractivity contribution in [3.05, 3.63) is 140 Å². The maximum absolute atomic E-state index is 13.1. The number of carboxylic acids is 1. The van der Waals surface area contributed by atoms with Gasteiger partial charge >= 0.3 is 5.97 Å². The van der Waals surface area contributed by atoms with E-state index in [1.165, 1.54) is 28.8 Å². The van der Waals surface area contributed by atoms with Gasteiger partial charge < -0.3 is 10.4 Å². The second-order valence-corrected chi connectivity index (χ2v) is 11.6. The summed E-state index contributed by atoms with van der Waals surface area (Å²) in [7, 11) is 0. The summed E-state index contributed by atoms with van der Waals surface area (Å²) in [5.74, 6) is -0.660. The number of nitro groups is 1. The Kier molecular flexibility index (Phi) is 10.1. The second kappa shape index (κ2) is 14.0. The number of nitrogens with zero attached hydrogens (tertiary/aromatic N) is 1. The van der Waals surface area contributed by atoms with E-state index in [1.807, 2.05) is 36.4 Å². The van der Waals surface area contributed by atoms with Crippen LogP contribution in [0.3, 0.4) is 0 Å². The predicted molar refractivity (Wildman–Crippen MR) is 175 cm³/mol. The van der Waals surface area contributed by atoms with Gasteiger partial charge in [-0.25, -0.2) is 4.79 Å². The fourth-order valence-electron chi connectivity index (χ4n) is 5.31. The van der Waals surface area contributed by atoms with E-state index in [4.69, 9.17) is 0 Å². The SMILES string of the molecule is CC(C)=C(C)c1cc(C(=O)NCc2ccc([N+](=O)[O-])cc2)ccc1C(C)C(C)Cc1ccc(-c2ccccc2C(=O)O)cc1. The van der Waals surface area contributed by atoms with Crippen molar-refractivity contribution in [2.75, 3.05) is 0 Å². The third-order valence-electron chi connectivity index (χ3n) is 8.39. The number of amides is 1.